The van der Waals surface area contributed by atoms with E-state index in [2.05, 4.69) is 26.6 Å². The molecule has 2 aromatic carbocycles. The Morgan fingerprint density at radius 3 is 2.67 bits per heavy atom. The third kappa shape index (κ3) is 7.69. The molecule has 3 amide bonds. The third-order valence-corrected chi connectivity index (χ3v) is 8.88. The first-order chi connectivity index (χ1) is 21.8. The first-order valence-electron chi connectivity index (χ1n) is 15.2. The van der Waals surface area contributed by atoms with E-state index >= 15 is 0 Å². The Morgan fingerprint density at radius 1 is 1.13 bits per heavy atom. The van der Waals surface area contributed by atoms with Gasteiger partial charge in [0.05, 0.1) is 7.11 Å². The maximum absolute atomic E-state index is 13.0. The van der Waals surface area contributed by atoms with Crippen molar-refractivity contribution in [3.05, 3.63) is 82.0 Å². The van der Waals surface area contributed by atoms with Gasteiger partial charge in [0.2, 0.25) is 12.3 Å². The molecule has 2 aliphatic rings. The lowest BCUT2D eigenvalue weighted by atomic mass is 9.96. The van der Waals surface area contributed by atoms with Crippen LogP contribution in [-0.4, -0.2) is 66.9 Å². The molecule has 2 aliphatic heterocycles. The van der Waals surface area contributed by atoms with Gasteiger partial charge in [0, 0.05) is 61.0 Å². The number of rotatable bonds is 12. The molecular formula is C34H38ClN5O5. The van der Waals surface area contributed by atoms with E-state index in [4.69, 9.17) is 16.3 Å². The minimum Gasteiger partial charge on any atom is -0.465 e. The van der Waals surface area contributed by atoms with E-state index < -0.39 is 5.97 Å². The number of anilines is 1. The van der Waals surface area contributed by atoms with Crippen molar-refractivity contribution in [1.82, 2.24) is 20.5 Å². The van der Waals surface area contributed by atoms with E-state index in [1.165, 1.54) is 7.11 Å². The van der Waals surface area contributed by atoms with Crippen LogP contribution >= 0.6 is 11.6 Å². The van der Waals surface area contributed by atoms with Gasteiger partial charge < -0.3 is 19.9 Å². The largest absolute Gasteiger partial charge is 0.465 e. The first-order valence-corrected chi connectivity index (χ1v) is 15.6. The lowest BCUT2D eigenvalue weighted by molar-refractivity contribution is -0.125. The molecule has 0 spiro atoms. The van der Waals surface area contributed by atoms with Crippen LogP contribution in [0.4, 0.5) is 5.82 Å². The van der Waals surface area contributed by atoms with Crippen LogP contribution in [-0.2, 0) is 27.4 Å². The molecule has 1 fully saturated rings. The average Bonchev–Trinajstić information content (AvgIpc) is 3.39. The van der Waals surface area contributed by atoms with Gasteiger partial charge in [-0.25, -0.2) is 9.78 Å². The Balaban J connectivity index is 1.12. The molecule has 5 rings (SSSR count). The molecule has 1 unspecified atom stereocenters. The predicted octanol–water partition coefficient (Wildman–Crippen LogP) is 4.59. The molecule has 0 saturated carbocycles. The summed E-state index contributed by atoms with van der Waals surface area (Å²) in [5, 5.41) is 6.34. The first kappa shape index (κ1) is 32.1. The van der Waals surface area contributed by atoms with Crippen LogP contribution in [0.5, 0.6) is 0 Å². The summed E-state index contributed by atoms with van der Waals surface area (Å²) < 4.78 is 5.09. The molecule has 3 aromatic rings. The van der Waals surface area contributed by atoms with E-state index in [0.29, 0.717) is 53.8 Å². The Labute approximate surface area is 268 Å². The van der Waals surface area contributed by atoms with Crippen molar-refractivity contribution in [3.8, 4) is 11.1 Å². The minimum atomic E-state index is -0.416. The maximum Gasteiger partial charge on any atom is 0.341 e. The number of amides is 3. The number of nitrogens with one attached hydrogen (secondary N) is 2. The van der Waals surface area contributed by atoms with Gasteiger partial charge in [-0.05, 0) is 79.6 Å². The second-order valence-electron chi connectivity index (χ2n) is 11.7. The van der Waals surface area contributed by atoms with Gasteiger partial charge in [-0.2, -0.15) is 0 Å². The Hall–Kier alpha value is -4.28. The number of carbonyl (C=O) groups excluding carboxylic acids is 4. The number of imide groups is 1. The van der Waals surface area contributed by atoms with Crippen molar-refractivity contribution in [2.24, 2.45) is 5.92 Å². The number of carbonyl (C=O) groups is 4. The summed E-state index contributed by atoms with van der Waals surface area (Å²) in [5.41, 5.74) is 4.95. The number of ether oxygens (including phenoxy) is 1. The Morgan fingerprint density at radius 2 is 1.93 bits per heavy atom. The minimum absolute atomic E-state index is 0.0245. The Kier molecular flexibility index (Phi) is 10.5. The highest BCUT2D eigenvalue weighted by Gasteiger charge is 2.31. The van der Waals surface area contributed by atoms with Crippen LogP contribution < -0.4 is 15.5 Å². The van der Waals surface area contributed by atoms with E-state index in [9.17, 15) is 19.2 Å². The van der Waals surface area contributed by atoms with Gasteiger partial charge >= 0.3 is 5.97 Å². The maximum atomic E-state index is 13.0. The summed E-state index contributed by atoms with van der Waals surface area (Å²) in [5.74, 6) is 0.340. The van der Waals surface area contributed by atoms with Gasteiger partial charge in [-0.15, -0.1) is 0 Å². The zero-order valence-corrected chi connectivity index (χ0v) is 26.3. The Bertz CT molecular complexity index is 1570. The van der Waals surface area contributed by atoms with Crippen LogP contribution in [0, 0.1) is 5.92 Å². The van der Waals surface area contributed by atoms with Gasteiger partial charge in [0.25, 0.3) is 5.91 Å². The van der Waals surface area contributed by atoms with Crippen molar-refractivity contribution >= 4 is 41.6 Å². The molecular weight excluding hydrogens is 594 g/mol. The molecule has 0 bridgehead atoms. The predicted molar refractivity (Wildman–Crippen MR) is 172 cm³/mol. The highest BCUT2D eigenvalue weighted by Crippen LogP contribution is 2.30. The SMILES string of the molecule is COC(=O)c1cc(-c2cccc(Cl)c2)cnc1N1CCC(CNCc2ccc3c(c2)CN(C(C)CCC(=O)NC=O)C3=O)CC1. The zero-order chi connectivity index (χ0) is 31.9. The third-order valence-electron chi connectivity index (χ3n) is 8.65. The normalized spacial score (nSPS) is 15.5. The monoisotopic (exact) mass is 631 g/mol. The van der Waals surface area contributed by atoms with Crippen LogP contribution in [0.3, 0.4) is 0 Å². The highest BCUT2D eigenvalue weighted by atomic mass is 35.5. The van der Waals surface area contributed by atoms with Crippen LogP contribution in [0.15, 0.2) is 54.7 Å². The number of hydrogen-bond donors (Lipinski definition) is 2. The fraction of sp³-hybridized carbons (Fsp3) is 0.382. The summed E-state index contributed by atoms with van der Waals surface area (Å²) >= 11 is 6.17. The highest BCUT2D eigenvalue weighted by molar-refractivity contribution is 6.30. The molecule has 0 radical (unpaired) electrons. The number of fused-ring (bicyclic) bond motifs is 1. The van der Waals surface area contributed by atoms with Crippen LogP contribution in [0.2, 0.25) is 5.02 Å². The summed E-state index contributed by atoms with van der Waals surface area (Å²) in [4.78, 5) is 56.4. The summed E-state index contributed by atoms with van der Waals surface area (Å²) in [7, 11) is 1.38. The molecule has 2 N–H and O–H groups in total. The van der Waals surface area contributed by atoms with Crippen molar-refractivity contribution in [2.75, 3.05) is 31.6 Å². The van der Waals surface area contributed by atoms with Gasteiger partial charge in [-0.3, -0.25) is 19.7 Å². The van der Waals surface area contributed by atoms with Crippen LogP contribution in [0.25, 0.3) is 11.1 Å². The zero-order valence-electron chi connectivity index (χ0n) is 25.6. The van der Waals surface area contributed by atoms with E-state index in [1.54, 1.807) is 11.1 Å². The lowest BCUT2D eigenvalue weighted by Crippen LogP contribution is -2.38. The number of piperidine rings is 1. The number of benzene rings is 2. The van der Waals surface area contributed by atoms with Crippen molar-refractivity contribution in [2.45, 2.75) is 51.7 Å². The fourth-order valence-electron chi connectivity index (χ4n) is 6.06. The number of nitrogens with zero attached hydrogens (tertiary/aromatic N) is 3. The van der Waals surface area contributed by atoms with Gasteiger partial charge in [-0.1, -0.05) is 35.9 Å². The van der Waals surface area contributed by atoms with Gasteiger partial charge in [0.15, 0.2) is 0 Å². The topological polar surface area (TPSA) is 121 Å². The molecule has 236 valence electrons. The summed E-state index contributed by atoms with van der Waals surface area (Å²) in [6, 6.07) is 15.1. The second kappa shape index (κ2) is 14.7. The molecule has 0 aliphatic carbocycles. The number of hydrogen-bond acceptors (Lipinski definition) is 8. The van der Waals surface area contributed by atoms with Crippen LogP contribution in [0.1, 0.15) is 64.4 Å². The molecule has 1 saturated heterocycles. The summed E-state index contributed by atoms with van der Waals surface area (Å²) in [6.45, 7) is 5.56. The number of esters is 1. The smallest absolute Gasteiger partial charge is 0.341 e. The number of methoxy groups -OCH3 is 1. The van der Waals surface area contributed by atoms with E-state index in [0.717, 1.165) is 54.7 Å². The number of halogens is 1. The van der Waals surface area contributed by atoms with E-state index in [-0.39, 0.29) is 24.3 Å². The van der Waals surface area contributed by atoms with Gasteiger partial charge in [0.1, 0.15) is 11.4 Å². The molecule has 1 atom stereocenters. The van der Waals surface area contributed by atoms with Crippen molar-refractivity contribution in [3.63, 3.8) is 0 Å². The average molecular weight is 632 g/mol. The molecule has 11 heteroatoms. The fourth-order valence-corrected chi connectivity index (χ4v) is 6.25. The molecule has 10 nitrogen and oxygen atoms in total. The number of pyridine rings is 1. The summed E-state index contributed by atoms with van der Waals surface area (Å²) in [6.07, 6.45) is 4.75. The second-order valence-corrected chi connectivity index (χ2v) is 12.1. The quantitative estimate of drug-likeness (QED) is 0.220. The lowest BCUT2D eigenvalue weighted by Gasteiger charge is -2.33. The number of aromatic nitrogens is 1. The molecule has 45 heavy (non-hydrogen) atoms. The van der Waals surface area contributed by atoms with E-state index in [1.807, 2.05) is 49.4 Å². The van der Waals surface area contributed by atoms with Crippen molar-refractivity contribution < 1.29 is 23.9 Å². The molecule has 3 heterocycles. The molecule has 1 aromatic heterocycles. The standard InChI is InChI=1S/C34H38ClN5O5/c1-22(6-9-31(42)38-21-41)40-20-27-14-24(7-8-29(27)33(40)43)18-36-17-23-10-12-39(13-11-23)32-30(34(44)45-2)16-26(19-37-32)25-4-3-5-28(35)15-25/h3-5,7-8,14-16,19,21-23,36H,6,9-13,17-18,20H2,1-2H3,(H,38,41,42). The van der Waals surface area contributed by atoms with Crippen molar-refractivity contribution in [1.29, 1.82) is 0 Å².